The van der Waals surface area contributed by atoms with E-state index in [1.807, 2.05) is 0 Å². The van der Waals surface area contributed by atoms with E-state index in [4.69, 9.17) is 9.47 Å². The molecular formula is C12H22O2. The zero-order valence-corrected chi connectivity index (χ0v) is 9.80. The summed E-state index contributed by atoms with van der Waals surface area (Å²) in [5.74, 6) is 0.856. The molecule has 0 aromatic rings. The van der Waals surface area contributed by atoms with Crippen molar-refractivity contribution in [2.45, 2.75) is 46.1 Å². The highest BCUT2D eigenvalue weighted by Crippen LogP contribution is 2.63. The zero-order valence-electron chi connectivity index (χ0n) is 9.80. The van der Waals surface area contributed by atoms with Gasteiger partial charge in [0.05, 0.1) is 6.10 Å². The van der Waals surface area contributed by atoms with E-state index in [1.54, 1.807) is 7.11 Å². The quantitative estimate of drug-likeness (QED) is 0.649. The third-order valence-electron chi connectivity index (χ3n) is 4.49. The van der Waals surface area contributed by atoms with Crippen LogP contribution in [0.4, 0.5) is 0 Å². The molecular weight excluding hydrogens is 176 g/mol. The molecule has 2 aliphatic rings. The van der Waals surface area contributed by atoms with Crippen molar-refractivity contribution in [2.24, 2.45) is 16.7 Å². The minimum atomic E-state index is 0.339. The normalized spacial score (nSPS) is 44.6. The first-order valence-electron chi connectivity index (χ1n) is 5.61. The van der Waals surface area contributed by atoms with E-state index >= 15 is 0 Å². The van der Waals surface area contributed by atoms with Gasteiger partial charge in [0.2, 0.25) is 0 Å². The number of rotatable bonds is 3. The first-order valence-corrected chi connectivity index (χ1v) is 5.61. The molecule has 0 aliphatic heterocycles. The molecule has 82 valence electrons. The van der Waals surface area contributed by atoms with Crippen LogP contribution in [0.25, 0.3) is 0 Å². The minimum absolute atomic E-state index is 0.339. The standard InChI is InChI=1S/C12H22O2/c1-11(2)9-5-6-12(3,7-9)10(11)14-8-13-4/h9-10H,5-8H2,1-4H3. The van der Waals surface area contributed by atoms with Gasteiger partial charge < -0.3 is 9.47 Å². The zero-order chi connectivity index (χ0) is 10.4. The van der Waals surface area contributed by atoms with Crippen LogP contribution < -0.4 is 0 Å². The molecule has 0 aromatic carbocycles. The maximum atomic E-state index is 5.88. The van der Waals surface area contributed by atoms with Crippen molar-refractivity contribution in [3.05, 3.63) is 0 Å². The molecule has 3 unspecified atom stereocenters. The lowest BCUT2D eigenvalue weighted by Gasteiger charge is -2.42. The minimum Gasteiger partial charge on any atom is -0.359 e. The molecule has 2 nitrogen and oxygen atoms in total. The largest absolute Gasteiger partial charge is 0.359 e. The molecule has 0 amide bonds. The van der Waals surface area contributed by atoms with Gasteiger partial charge in [-0.1, -0.05) is 20.8 Å². The molecule has 2 bridgehead atoms. The fourth-order valence-electron chi connectivity index (χ4n) is 3.81. The Morgan fingerprint density at radius 2 is 2.00 bits per heavy atom. The monoisotopic (exact) mass is 198 g/mol. The molecule has 0 heterocycles. The van der Waals surface area contributed by atoms with Crippen LogP contribution in [0.1, 0.15) is 40.0 Å². The number of methoxy groups -OCH3 is 1. The highest BCUT2D eigenvalue weighted by molar-refractivity contribution is 5.09. The summed E-state index contributed by atoms with van der Waals surface area (Å²) < 4.78 is 10.9. The van der Waals surface area contributed by atoms with Crippen molar-refractivity contribution in [1.82, 2.24) is 0 Å². The predicted octanol–water partition coefficient (Wildman–Crippen LogP) is 2.82. The molecule has 0 spiro atoms. The molecule has 0 N–H and O–H groups in total. The second kappa shape index (κ2) is 3.21. The van der Waals surface area contributed by atoms with Crippen LogP contribution >= 0.6 is 0 Å². The van der Waals surface area contributed by atoms with Crippen molar-refractivity contribution in [1.29, 1.82) is 0 Å². The van der Waals surface area contributed by atoms with Crippen molar-refractivity contribution in [3.63, 3.8) is 0 Å². The molecule has 2 aliphatic carbocycles. The van der Waals surface area contributed by atoms with E-state index in [0.29, 0.717) is 23.7 Å². The molecule has 0 aromatic heterocycles. The SMILES string of the molecule is COCOC1C2(C)CCC(C2)C1(C)C. The third-order valence-corrected chi connectivity index (χ3v) is 4.49. The Bertz CT molecular complexity index is 220. The highest BCUT2D eigenvalue weighted by atomic mass is 16.7. The summed E-state index contributed by atoms with van der Waals surface area (Å²) in [4.78, 5) is 0. The van der Waals surface area contributed by atoms with Crippen LogP contribution in [0.5, 0.6) is 0 Å². The lowest BCUT2D eigenvalue weighted by molar-refractivity contribution is -0.149. The van der Waals surface area contributed by atoms with Gasteiger partial charge in [0.15, 0.2) is 0 Å². The van der Waals surface area contributed by atoms with Crippen molar-refractivity contribution >= 4 is 0 Å². The maximum absolute atomic E-state index is 5.88. The fraction of sp³-hybridized carbons (Fsp3) is 1.00. The molecule has 14 heavy (non-hydrogen) atoms. The molecule has 0 radical (unpaired) electrons. The second-order valence-corrected chi connectivity index (χ2v) is 5.87. The van der Waals surface area contributed by atoms with Crippen LogP contribution in [0.2, 0.25) is 0 Å². The summed E-state index contributed by atoms with van der Waals surface area (Å²) in [6.45, 7) is 7.52. The Kier molecular flexibility index (Phi) is 2.39. The predicted molar refractivity (Wildman–Crippen MR) is 56.0 cm³/mol. The molecule has 2 fully saturated rings. The van der Waals surface area contributed by atoms with Gasteiger partial charge in [-0.2, -0.15) is 0 Å². The van der Waals surface area contributed by atoms with Crippen LogP contribution in [-0.4, -0.2) is 20.0 Å². The van der Waals surface area contributed by atoms with E-state index in [9.17, 15) is 0 Å². The van der Waals surface area contributed by atoms with Gasteiger partial charge in [-0.25, -0.2) is 0 Å². The first-order chi connectivity index (χ1) is 6.50. The van der Waals surface area contributed by atoms with Crippen LogP contribution in [0, 0.1) is 16.7 Å². The molecule has 2 saturated carbocycles. The molecule has 0 saturated heterocycles. The van der Waals surface area contributed by atoms with Crippen LogP contribution in [0.15, 0.2) is 0 Å². The first kappa shape index (κ1) is 10.4. The number of hydrogen-bond acceptors (Lipinski definition) is 2. The fourth-order valence-corrected chi connectivity index (χ4v) is 3.81. The Balaban J connectivity index is 2.13. The Morgan fingerprint density at radius 3 is 2.50 bits per heavy atom. The second-order valence-electron chi connectivity index (χ2n) is 5.87. The topological polar surface area (TPSA) is 18.5 Å². The molecule has 2 heteroatoms. The number of hydrogen-bond donors (Lipinski definition) is 0. The van der Waals surface area contributed by atoms with Gasteiger partial charge >= 0.3 is 0 Å². The van der Waals surface area contributed by atoms with Gasteiger partial charge in [0.1, 0.15) is 6.79 Å². The van der Waals surface area contributed by atoms with Crippen molar-refractivity contribution in [3.8, 4) is 0 Å². The van der Waals surface area contributed by atoms with Crippen LogP contribution in [-0.2, 0) is 9.47 Å². The van der Waals surface area contributed by atoms with Crippen molar-refractivity contribution < 1.29 is 9.47 Å². The van der Waals surface area contributed by atoms with Gasteiger partial charge in [-0.3, -0.25) is 0 Å². The van der Waals surface area contributed by atoms with E-state index in [0.717, 1.165) is 5.92 Å². The Labute approximate surface area is 87.0 Å². The number of fused-ring (bicyclic) bond motifs is 2. The Hall–Kier alpha value is -0.0800. The van der Waals surface area contributed by atoms with E-state index in [-0.39, 0.29) is 0 Å². The molecule has 2 rings (SSSR count). The van der Waals surface area contributed by atoms with Gasteiger partial charge in [-0.05, 0) is 36.0 Å². The summed E-state index contributed by atoms with van der Waals surface area (Å²) in [6.07, 6.45) is 4.44. The smallest absolute Gasteiger partial charge is 0.146 e. The summed E-state index contributed by atoms with van der Waals surface area (Å²) in [5, 5.41) is 0. The summed E-state index contributed by atoms with van der Waals surface area (Å²) in [6, 6.07) is 0. The highest BCUT2D eigenvalue weighted by Gasteiger charge is 2.60. The van der Waals surface area contributed by atoms with E-state index < -0.39 is 0 Å². The van der Waals surface area contributed by atoms with Crippen LogP contribution in [0.3, 0.4) is 0 Å². The van der Waals surface area contributed by atoms with Crippen molar-refractivity contribution in [2.75, 3.05) is 13.9 Å². The molecule has 3 atom stereocenters. The van der Waals surface area contributed by atoms with Gasteiger partial charge in [0.25, 0.3) is 0 Å². The third kappa shape index (κ3) is 1.31. The van der Waals surface area contributed by atoms with E-state index in [2.05, 4.69) is 20.8 Å². The van der Waals surface area contributed by atoms with E-state index in [1.165, 1.54) is 19.3 Å². The number of ether oxygens (including phenoxy) is 2. The average molecular weight is 198 g/mol. The summed E-state index contributed by atoms with van der Waals surface area (Å²) >= 11 is 0. The van der Waals surface area contributed by atoms with Gasteiger partial charge in [0, 0.05) is 7.11 Å². The lowest BCUT2D eigenvalue weighted by Crippen LogP contribution is -2.42. The lowest BCUT2D eigenvalue weighted by atomic mass is 9.70. The Morgan fingerprint density at radius 1 is 1.29 bits per heavy atom. The maximum Gasteiger partial charge on any atom is 0.146 e. The van der Waals surface area contributed by atoms with Gasteiger partial charge in [-0.15, -0.1) is 0 Å². The summed E-state index contributed by atoms with van der Waals surface area (Å²) in [7, 11) is 1.70. The summed E-state index contributed by atoms with van der Waals surface area (Å²) in [5.41, 5.74) is 0.748. The average Bonchev–Trinajstić information content (AvgIpc) is 2.55.